The number of aliphatic hydroxyl groups is 1. The first-order valence-corrected chi connectivity index (χ1v) is 6.28. The molecule has 0 radical (unpaired) electrons. The summed E-state index contributed by atoms with van der Waals surface area (Å²) in [5.74, 6) is -5.27. The molecule has 0 spiro atoms. The van der Waals surface area contributed by atoms with Crippen LogP contribution in [-0.2, 0) is 0 Å². The minimum absolute atomic E-state index is 0.193. The molecule has 1 aliphatic heterocycles. The van der Waals surface area contributed by atoms with Gasteiger partial charge >= 0.3 is 6.18 Å². The van der Waals surface area contributed by atoms with Crippen LogP contribution in [0.25, 0.3) is 0 Å². The number of piperidine rings is 1. The van der Waals surface area contributed by atoms with E-state index in [2.05, 4.69) is 0 Å². The quantitative estimate of drug-likeness (QED) is 0.636. The third-order valence-electron chi connectivity index (χ3n) is 3.65. The van der Waals surface area contributed by atoms with E-state index >= 15 is 0 Å². The average Bonchev–Trinajstić information content (AvgIpc) is 2.42. The molecular formula is C13H11F6NO2. The minimum atomic E-state index is -4.84. The van der Waals surface area contributed by atoms with Gasteiger partial charge in [0.05, 0.1) is 5.56 Å². The maximum absolute atomic E-state index is 13.5. The zero-order valence-electron chi connectivity index (χ0n) is 11.1. The number of amides is 1. The Morgan fingerprint density at radius 1 is 1.05 bits per heavy atom. The number of likely N-dealkylation sites (tertiary alicyclic amines) is 1. The topological polar surface area (TPSA) is 40.5 Å². The Morgan fingerprint density at radius 2 is 1.55 bits per heavy atom. The fourth-order valence-corrected chi connectivity index (χ4v) is 2.22. The van der Waals surface area contributed by atoms with Gasteiger partial charge in [-0.15, -0.1) is 0 Å². The van der Waals surface area contributed by atoms with Gasteiger partial charge in [-0.1, -0.05) is 0 Å². The van der Waals surface area contributed by atoms with Crippen molar-refractivity contribution in [1.29, 1.82) is 0 Å². The number of hydrogen-bond donors (Lipinski definition) is 1. The number of nitrogens with zero attached hydrogens (tertiary/aromatic N) is 1. The van der Waals surface area contributed by atoms with E-state index in [1.807, 2.05) is 0 Å². The zero-order valence-corrected chi connectivity index (χ0v) is 11.1. The predicted molar refractivity (Wildman–Crippen MR) is 62.5 cm³/mol. The first-order chi connectivity index (χ1) is 10.0. The monoisotopic (exact) mass is 327 g/mol. The minimum Gasteiger partial charge on any atom is -0.380 e. The van der Waals surface area contributed by atoms with Crippen molar-refractivity contribution < 1.29 is 36.2 Å². The number of rotatable bonds is 1. The van der Waals surface area contributed by atoms with Gasteiger partial charge < -0.3 is 10.0 Å². The first-order valence-electron chi connectivity index (χ1n) is 6.28. The average molecular weight is 327 g/mol. The molecule has 1 N–H and O–H groups in total. The fraction of sp³-hybridized carbons (Fsp3) is 0.462. The van der Waals surface area contributed by atoms with Crippen molar-refractivity contribution in [2.45, 2.75) is 24.6 Å². The van der Waals surface area contributed by atoms with E-state index in [4.69, 9.17) is 0 Å². The van der Waals surface area contributed by atoms with Crippen LogP contribution in [0.3, 0.4) is 0 Å². The molecule has 3 nitrogen and oxygen atoms in total. The lowest BCUT2D eigenvalue weighted by atomic mass is 9.90. The molecule has 0 saturated carbocycles. The molecule has 2 rings (SSSR count). The van der Waals surface area contributed by atoms with Gasteiger partial charge in [-0.2, -0.15) is 13.2 Å². The lowest BCUT2D eigenvalue weighted by Gasteiger charge is -2.39. The SMILES string of the molecule is O=C(c1cc(F)c(F)cc1F)N1CCC(O)(C(F)(F)F)CC1. The molecule has 0 atom stereocenters. The van der Waals surface area contributed by atoms with Gasteiger partial charge in [0.25, 0.3) is 5.91 Å². The van der Waals surface area contributed by atoms with E-state index in [-0.39, 0.29) is 6.07 Å². The standard InChI is InChI=1S/C13H11F6NO2/c14-8-6-10(16)9(15)5-7(8)11(21)20-3-1-12(22,2-4-20)13(17,18)19/h5-6,22H,1-4H2. The summed E-state index contributed by atoms with van der Waals surface area (Å²) >= 11 is 0. The van der Waals surface area contributed by atoms with Crippen molar-refractivity contribution >= 4 is 5.91 Å². The van der Waals surface area contributed by atoms with Crippen molar-refractivity contribution in [2.75, 3.05) is 13.1 Å². The van der Waals surface area contributed by atoms with Crippen LogP contribution in [0.4, 0.5) is 26.3 Å². The van der Waals surface area contributed by atoms with E-state index in [0.29, 0.717) is 6.07 Å². The highest BCUT2D eigenvalue weighted by atomic mass is 19.4. The van der Waals surface area contributed by atoms with Crippen molar-refractivity contribution in [1.82, 2.24) is 4.90 Å². The van der Waals surface area contributed by atoms with Gasteiger partial charge in [0.2, 0.25) is 0 Å². The summed E-state index contributed by atoms with van der Waals surface area (Å²) in [6, 6.07) is 0.552. The van der Waals surface area contributed by atoms with Gasteiger partial charge in [-0.25, -0.2) is 13.2 Å². The summed E-state index contributed by atoms with van der Waals surface area (Å²) in [5, 5.41) is 9.47. The van der Waals surface area contributed by atoms with Crippen LogP contribution < -0.4 is 0 Å². The lowest BCUT2D eigenvalue weighted by Crippen LogP contribution is -2.54. The summed E-state index contributed by atoms with van der Waals surface area (Å²) in [4.78, 5) is 12.8. The molecule has 0 bridgehead atoms. The van der Waals surface area contributed by atoms with Crippen LogP contribution in [0.15, 0.2) is 12.1 Å². The Balaban J connectivity index is 2.15. The number of carbonyl (C=O) groups excluding carboxylic acids is 1. The molecule has 1 aromatic rings. The lowest BCUT2D eigenvalue weighted by molar-refractivity contribution is -0.271. The Labute approximate surface area is 121 Å². The second-order valence-corrected chi connectivity index (χ2v) is 5.07. The van der Waals surface area contributed by atoms with Gasteiger partial charge in [0, 0.05) is 32.0 Å². The normalized spacial score (nSPS) is 18.4. The zero-order chi connectivity index (χ0) is 16.7. The first kappa shape index (κ1) is 16.6. The molecule has 22 heavy (non-hydrogen) atoms. The predicted octanol–water partition coefficient (Wildman–Crippen LogP) is 2.63. The highest BCUT2D eigenvalue weighted by Gasteiger charge is 2.55. The molecule has 1 aromatic carbocycles. The second-order valence-electron chi connectivity index (χ2n) is 5.07. The number of benzene rings is 1. The molecule has 9 heteroatoms. The van der Waals surface area contributed by atoms with Crippen molar-refractivity contribution in [2.24, 2.45) is 0 Å². The summed E-state index contributed by atoms with van der Waals surface area (Å²) < 4.78 is 77.3. The summed E-state index contributed by atoms with van der Waals surface area (Å²) in [5.41, 5.74) is -3.67. The Hall–Kier alpha value is -1.77. The molecule has 1 fully saturated rings. The molecule has 0 aromatic heterocycles. The van der Waals surface area contributed by atoms with Gasteiger partial charge in [-0.05, 0) is 6.07 Å². The fourth-order valence-electron chi connectivity index (χ4n) is 2.22. The molecule has 1 amide bonds. The van der Waals surface area contributed by atoms with E-state index in [1.165, 1.54) is 0 Å². The second kappa shape index (κ2) is 5.45. The molecule has 1 aliphatic rings. The van der Waals surface area contributed by atoms with Crippen molar-refractivity contribution in [3.63, 3.8) is 0 Å². The van der Waals surface area contributed by atoms with E-state index in [0.717, 1.165) is 4.90 Å². The van der Waals surface area contributed by atoms with Crippen LogP contribution in [0.2, 0.25) is 0 Å². The molecular weight excluding hydrogens is 316 g/mol. The largest absolute Gasteiger partial charge is 0.417 e. The van der Waals surface area contributed by atoms with Crippen molar-refractivity contribution in [3.05, 3.63) is 35.1 Å². The Kier molecular flexibility index (Phi) is 4.12. The van der Waals surface area contributed by atoms with Gasteiger partial charge in [0.1, 0.15) is 5.82 Å². The smallest absolute Gasteiger partial charge is 0.380 e. The van der Waals surface area contributed by atoms with Crippen LogP contribution in [0.5, 0.6) is 0 Å². The van der Waals surface area contributed by atoms with Gasteiger partial charge in [0.15, 0.2) is 17.2 Å². The van der Waals surface area contributed by atoms with Crippen LogP contribution in [0, 0.1) is 17.5 Å². The summed E-state index contributed by atoms with van der Waals surface area (Å²) in [7, 11) is 0. The van der Waals surface area contributed by atoms with E-state index in [1.54, 1.807) is 0 Å². The summed E-state index contributed by atoms with van der Waals surface area (Å²) in [6.07, 6.45) is -6.38. The number of hydrogen-bond acceptors (Lipinski definition) is 2. The van der Waals surface area contributed by atoms with E-state index in [9.17, 15) is 36.2 Å². The van der Waals surface area contributed by atoms with Crippen LogP contribution in [-0.4, -0.2) is 40.8 Å². The molecule has 0 unspecified atom stereocenters. The molecule has 0 aliphatic carbocycles. The number of halogens is 6. The highest BCUT2D eigenvalue weighted by molar-refractivity contribution is 5.94. The molecule has 1 heterocycles. The van der Waals surface area contributed by atoms with Gasteiger partial charge in [-0.3, -0.25) is 4.79 Å². The van der Waals surface area contributed by atoms with Crippen molar-refractivity contribution in [3.8, 4) is 0 Å². The molecule has 122 valence electrons. The Bertz CT molecular complexity index is 593. The highest BCUT2D eigenvalue weighted by Crippen LogP contribution is 2.38. The number of carbonyl (C=O) groups is 1. The van der Waals surface area contributed by atoms with Crippen LogP contribution in [0.1, 0.15) is 23.2 Å². The van der Waals surface area contributed by atoms with Crippen LogP contribution >= 0.6 is 0 Å². The van der Waals surface area contributed by atoms with E-state index < -0.39 is 66.6 Å². The number of alkyl halides is 3. The third-order valence-corrected chi connectivity index (χ3v) is 3.65. The molecule has 1 saturated heterocycles. The Morgan fingerprint density at radius 3 is 2.05 bits per heavy atom. The maximum atomic E-state index is 13.5. The third kappa shape index (κ3) is 2.90. The maximum Gasteiger partial charge on any atom is 0.417 e. The summed E-state index contributed by atoms with van der Waals surface area (Å²) in [6.45, 7) is -0.958.